The van der Waals surface area contributed by atoms with Gasteiger partial charge >= 0.3 is 0 Å². The molecule has 23 heavy (non-hydrogen) atoms. The molecular formula is C16H28O7. The van der Waals surface area contributed by atoms with Crippen molar-refractivity contribution in [3.05, 3.63) is 0 Å². The first-order chi connectivity index (χ1) is 10.7. The van der Waals surface area contributed by atoms with E-state index >= 15 is 0 Å². The summed E-state index contributed by atoms with van der Waals surface area (Å²) in [5.74, 6) is 0.486. The summed E-state index contributed by atoms with van der Waals surface area (Å²) in [5.41, 5.74) is -0.819. The van der Waals surface area contributed by atoms with Crippen LogP contribution in [0, 0.1) is 17.3 Å². The van der Waals surface area contributed by atoms with E-state index in [-0.39, 0.29) is 11.3 Å². The fourth-order valence-corrected chi connectivity index (χ4v) is 4.75. The third kappa shape index (κ3) is 2.45. The van der Waals surface area contributed by atoms with Crippen LogP contribution in [0.4, 0.5) is 0 Å². The molecule has 9 unspecified atom stereocenters. The number of hydrogen-bond acceptors (Lipinski definition) is 7. The first kappa shape index (κ1) is 17.5. The van der Waals surface area contributed by atoms with E-state index in [9.17, 15) is 25.5 Å². The van der Waals surface area contributed by atoms with Crippen molar-refractivity contribution in [3.8, 4) is 0 Å². The van der Waals surface area contributed by atoms with Gasteiger partial charge in [0.1, 0.15) is 24.4 Å². The highest BCUT2D eigenvalue weighted by Crippen LogP contribution is 2.71. The van der Waals surface area contributed by atoms with E-state index in [4.69, 9.17) is 9.47 Å². The Labute approximate surface area is 135 Å². The van der Waals surface area contributed by atoms with Gasteiger partial charge in [-0.1, -0.05) is 13.8 Å². The van der Waals surface area contributed by atoms with Gasteiger partial charge in [-0.2, -0.15) is 0 Å². The predicted molar refractivity (Wildman–Crippen MR) is 79.3 cm³/mol. The largest absolute Gasteiger partial charge is 0.394 e. The first-order valence-corrected chi connectivity index (χ1v) is 8.33. The maximum absolute atomic E-state index is 10.5. The van der Waals surface area contributed by atoms with E-state index < -0.39 is 49.0 Å². The number of ether oxygens (including phenoxy) is 2. The van der Waals surface area contributed by atoms with Crippen molar-refractivity contribution in [2.75, 3.05) is 6.61 Å². The summed E-state index contributed by atoms with van der Waals surface area (Å²) in [6.07, 6.45) is -5.56. The quantitative estimate of drug-likeness (QED) is 0.447. The summed E-state index contributed by atoms with van der Waals surface area (Å²) in [4.78, 5) is 0. The zero-order valence-electron chi connectivity index (χ0n) is 13.8. The van der Waals surface area contributed by atoms with Crippen molar-refractivity contribution in [1.82, 2.24) is 0 Å². The summed E-state index contributed by atoms with van der Waals surface area (Å²) in [6.45, 7) is 5.58. The summed E-state index contributed by atoms with van der Waals surface area (Å²) in [5, 5.41) is 49.6. The van der Waals surface area contributed by atoms with Crippen molar-refractivity contribution in [3.63, 3.8) is 0 Å². The molecule has 134 valence electrons. The van der Waals surface area contributed by atoms with Crippen molar-refractivity contribution in [1.29, 1.82) is 0 Å². The maximum atomic E-state index is 10.5. The molecule has 1 heterocycles. The Bertz CT molecular complexity index is 456. The van der Waals surface area contributed by atoms with Gasteiger partial charge < -0.3 is 35.0 Å². The van der Waals surface area contributed by atoms with Gasteiger partial charge in [-0.05, 0) is 25.2 Å². The molecular weight excluding hydrogens is 304 g/mol. The van der Waals surface area contributed by atoms with Gasteiger partial charge in [-0.25, -0.2) is 0 Å². The van der Waals surface area contributed by atoms with E-state index in [1.54, 1.807) is 0 Å². The Morgan fingerprint density at radius 3 is 2.22 bits per heavy atom. The first-order valence-electron chi connectivity index (χ1n) is 8.33. The zero-order valence-corrected chi connectivity index (χ0v) is 13.8. The standard InChI is InChI=1S/C16H28O7/c1-7(2)16-4-9(16)15(3,5-10(16)18)23-14-13(21)12(20)11(19)8(6-17)22-14/h7-14,17-21H,4-6H2,1-3H3. The van der Waals surface area contributed by atoms with Crippen molar-refractivity contribution < 1.29 is 35.0 Å². The molecule has 0 aromatic rings. The lowest BCUT2D eigenvalue weighted by Gasteiger charge is -2.43. The van der Waals surface area contributed by atoms with E-state index in [0.717, 1.165) is 6.42 Å². The molecule has 3 fully saturated rings. The number of aliphatic hydroxyl groups is 5. The van der Waals surface area contributed by atoms with E-state index in [0.29, 0.717) is 12.3 Å². The highest BCUT2D eigenvalue weighted by molar-refractivity contribution is 5.22. The lowest BCUT2D eigenvalue weighted by atomic mass is 9.88. The van der Waals surface area contributed by atoms with Crippen molar-refractivity contribution in [2.45, 2.75) is 76.0 Å². The van der Waals surface area contributed by atoms with Crippen molar-refractivity contribution >= 4 is 0 Å². The lowest BCUT2D eigenvalue weighted by molar-refractivity contribution is -0.327. The molecule has 2 saturated carbocycles. The van der Waals surface area contributed by atoms with E-state index in [1.807, 2.05) is 6.92 Å². The van der Waals surface area contributed by atoms with Crippen LogP contribution in [0.2, 0.25) is 0 Å². The molecule has 1 saturated heterocycles. The van der Waals surface area contributed by atoms with Crippen LogP contribution >= 0.6 is 0 Å². The smallest absolute Gasteiger partial charge is 0.187 e. The van der Waals surface area contributed by atoms with Crippen LogP contribution in [-0.2, 0) is 9.47 Å². The van der Waals surface area contributed by atoms with Crippen LogP contribution in [0.15, 0.2) is 0 Å². The van der Waals surface area contributed by atoms with E-state index in [1.165, 1.54) is 0 Å². The predicted octanol–water partition coefficient (Wildman–Crippen LogP) is -1.01. The molecule has 0 radical (unpaired) electrons. The SMILES string of the molecule is CC(C)C12CC1C(C)(OC1OC(CO)C(O)C(O)C1O)CC2O. The summed E-state index contributed by atoms with van der Waals surface area (Å²) in [7, 11) is 0. The third-order valence-corrected chi connectivity index (χ3v) is 6.31. The minimum Gasteiger partial charge on any atom is -0.394 e. The number of aliphatic hydroxyl groups excluding tert-OH is 5. The van der Waals surface area contributed by atoms with Gasteiger partial charge in [0, 0.05) is 11.8 Å². The molecule has 0 amide bonds. The highest BCUT2D eigenvalue weighted by Gasteiger charge is 2.73. The van der Waals surface area contributed by atoms with Gasteiger partial charge in [0.2, 0.25) is 0 Å². The second kappa shape index (κ2) is 5.62. The monoisotopic (exact) mass is 332 g/mol. The Morgan fingerprint density at radius 1 is 1.09 bits per heavy atom. The second-order valence-corrected chi connectivity index (χ2v) is 7.87. The minimum atomic E-state index is -1.45. The molecule has 0 aromatic heterocycles. The molecule has 1 aliphatic heterocycles. The van der Waals surface area contributed by atoms with Gasteiger partial charge in [-0.15, -0.1) is 0 Å². The molecule has 0 spiro atoms. The number of fused-ring (bicyclic) bond motifs is 1. The second-order valence-electron chi connectivity index (χ2n) is 7.87. The van der Waals surface area contributed by atoms with Gasteiger partial charge in [-0.3, -0.25) is 0 Å². The zero-order chi connectivity index (χ0) is 17.2. The van der Waals surface area contributed by atoms with Crippen LogP contribution in [0.1, 0.15) is 33.6 Å². The van der Waals surface area contributed by atoms with Crippen LogP contribution in [-0.4, -0.2) is 74.6 Å². The maximum Gasteiger partial charge on any atom is 0.187 e. The Balaban J connectivity index is 1.74. The Kier molecular flexibility index (Phi) is 4.29. The average molecular weight is 332 g/mol. The van der Waals surface area contributed by atoms with Crippen molar-refractivity contribution in [2.24, 2.45) is 17.3 Å². The van der Waals surface area contributed by atoms with Crippen LogP contribution in [0.5, 0.6) is 0 Å². The minimum absolute atomic E-state index is 0.150. The Morgan fingerprint density at radius 2 is 1.74 bits per heavy atom. The molecule has 9 atom stereocenters. The molecule has 3 rings (SSSR count). The van der Waals surface area contributed by atoms with Crippen LogP contribution in [0.25, 0.3) is 0 Å². The van der Waals surface area contributed by atoms with Crippen LogP contribution < -0.4 is 0 Å². The topological polar surface area (TPSA) is 120 Å². The highest BCUT2D eigenvalue weighted by atomic mass is 16.7. The van der Waals surface area contributed by atoms with E-state index in [2.05, 4.69) is 13.8 Å². The number of rotatable bonds is 4. The number of hydrogen-bond donors (Lipinski definition) is 5. The normalized spacial score (nSPS) is 56.0. The van der Waals surface area contributed by atoms with Gasteiger partial charge in [0.25, 0.3) is 0 Å². The summed E-state index contributed by atoms with van der Waals surface area (Å²) >= 11 is 0. The molecule has 5 N–H and O–H groups in total. The molecule has 7 heteroatoms. The third-order valence-electron chi connectivity index (χ3n) is 6.31. The molecule has 0 aromatic carbocycles. The molecule has 7 nitrogen and oxygen atoms in total. The average Bonchev–Trinajstić information content (AvgIpc) is 3.21. The van der Waals surface area contributed by atoms with Crippen LogP contribution in [0.3, 0.4) is 0 Å². The molecule has 3 aliphatic rings. The molecule has 2 aliphatic carbocycles. The summed E-state index contributed by atoms with van der Waals surface area (Å²) in [6, 6.07) is 0. The lowest BCUT2D eigenvalue weighted by Crippen LogP contribution is -2.60. The van der Waals surface area contributed by atoms with Gasteiger partial charge in [0.05, 0.1) is 18.3 Å². The Hall–Kier alpha value is -0.280. The fraction of sp³-hybridized carbons (Fsp3) is 1.00. The summed E-state index contributed by atoms with van der Waals surface area (Å²) < 4.78 is 11.4. The van der Waals surface area contributed by atoms with Gasteiger partial charge in [0.15, 0.2) is 6.29 Å². The molecule has 0 bridgehead atoms. The fourth-order valence-electron chi connectivity index (χ4n) is 4.75.